The molecule has 5 atom stereocenters. The second kappa shape index (κ2) is 7.47. The van der Waals surface area contributed by atoms with Crippen molar-refractivity contribution in [1.29, 1.82) is 0 Å². The van der Waals surface area contributed by atoms with Crippen molar-refractivity contribution in [3.8, 4) is 0 Å². The van der Waals surface area contributed by atoms with Crippen LogP contribution in [0.25, 0.3) is 0 Å². The maximum atomic E-state index is 11.3. The van der Waals surface area contributed by atoms with Gasteiger partial charge in [0, 0.05) is 6.92 Å². The van der Waals surface area contributed by atoms with E-state index in [9.17, 15) is 30.0 Å². The van der Waals surface area contributed by atoms with Gasteiger partial charge in [-0.2, -0.15) is 0 Å². The van der Waals surface area contributed by atoms with E-state index in [1.807, 2.05) is 0 Å². The molecule has 5 N–H and O–H groups in total. The summed E-state index contributed by atoms with van der Waals surface area (Å²) < 4.78 is 5.27. The van der Waals surface area contributed by atoms with E-state index in [1.165, 1.54) is 34.6 Å². The van der Waals surface area contributed by atoms with Gasteiger partial charge in [-0.3, -0.25) is 9.59 Å². The third kappa shape index (κ3) is 3.96. The third-order valence-corrected chi connectivity index (χ3v) is 4.79. The van der Waals surface area contributed by atoms with E-state index in [0.29, 0.717) is 0 Å². The zero-order valence-electron chi connectivity index (χ0n) is 14.5. The fourth-order valence-electron chi connectivity index (χ4n) is 2.59. The van der Waals surface area contributed by atoms with Crippen molar-refractivity contribution in [3.05, 3.63) is 12.7 Å². The van der Waals surface area contributed by atoms with Gasteiger partial charge in [0.1, 0.15) is 22.8 Å². The summed E-state index contributed by atoms with van der Waals surface area (Å²) in [5.41, 5.74) is -5.48. The van der Waals surface area contributed by atoms with Gasteiger partial charge in [0.25, 0.3) is 0 Å². The number of hydrogen-bond acceptors (Lipinski definition) is 7. The SMILES string of the molecule is C=CC(=O)Cl.CC(=O)NC1(C)C(C)(O)OC(CO)C(C)(O)C1(C)O. The molecule has 24 heavy (non-hydrogen) atoms. The van der Waals surface area contributed by atoms with E-state index in [1.54, 1.807) is 0 Å². The molecule has 1 rings (SSSR count). The van der Waals surface area contributed by atoms with Gasteiger partial charge in [-0.15, -0.1) is 0 Å². The smallest absolute Gasteiger partial charge is 0.244 e. The zero-order chi connectivity index (χ0) is 19.6. The Labute approximate surface area is 146 Å². The second-order valence-electron chi connectivity index (χ2n) is 6.31. The Morgan fingerprint density at radius 1 is 1.25 bits per heavy atom. The maximum absolute atomic E-state index is 11.3. The van der Waals surface area contributed by atoms with Crippen LogP contribution in [0.5, 0.6) is 0 Å². The predicted octanol–water partition coefficient (Wildman–Crippen LogP) is -0.579. The standard InChI is InChI=1S/C12H23NO6.C3H3ClO/c1-7(15)13-10(3)11(4,17)9(2,16)8(6-14)19-12(10,5)18;1-2-3(4)5/h8,14,16-18H,6H2,1-5H3,(H,13,15);2H,1H2. The minimum absolute atomic E-state index is 0.495. The molecule has 1 saturated heterocycles. The van der Waals surface area contributed by atoms with E-state index in [4.69, 9.17) is 16.3 Å². The topological polar surface area (TPSA) is 136 Å². The average molecular weight is 368 g/mol. The van der Waals surface area contributed by atoms with Crippen LogP contribution in [0.15, 0.2) is 12.7 Å². The summed E-state index contributed by atoms with van der Waals surface area (Å²) in [4.78, 5) is 20.8. The quantitative estimate of drug-likeness (QED) is 0.332. The molecule has 5 unspecified atom stereocenters. The van der Waals surface area contributed by atoms with Crippen molar-refractivity contribution in [1.82, 2.24) is 5.32 Å². The summed E-state index contributed by atoms with van der Waals surface area (Å²) in [6.45, 7) is 8.91. The van der Waals surface area contributed by atoms with Crippen molar-refractivity contribution in [2.75, 3.05) is 6.61 Å². The molecule has 9 heteroatoms. The molecule has 0 aromatic rings. The lowest BCUT2D eigenvalue weighted by molar-refractivity contribution is -0.386. The fourth-order valence-corrected chi connectivity index (χ4v) is 2.59. The lowest BCUT2D eigenvalue weighted by Gasteiger charge is -2.62. The molecule has 0 radical (unpaired) electrons. The number of rotatable bonds is 3. The molecule has 0 aromatic heterocycles. The van der Waals surface area contributed by atoms with Gasteiger partial charge < -0.3 is 30.5 Å². The lowest BCUT2D eigenvalue weighted by atomic mass is 9.63. The van der Waals surface area contributed by atoms with Crippen LogP contribution in [0.2, 0.25) is 0 Å². The van der Waals surface area contributed by atoms with Gasteiger partial charge in [-0.1, -0.05) is 6.58 Å². The van der Waals surface area contributed by atoms with Crippen LogP contribution in [0.1, 0.15) is 34.6 Å². The van der Waals surface area contributed by atoms with Crippen molar-refractivity contribution >= 4 is 22.8 Å². The molecular weight excluding hydrogens is 342 g/mol. The van der Waals surface area contributed by atoms with Gasteiger partial charge >= 0.3 is 0 Å². The van der Waals surface area contributed by atoms with Gasteiger partial charge in [0.05, 0.1) is 6.61 Å². The Kier molecular flexibility index (Phi) is 7.15. The Hall–Kier alpha value is -1.03. The predicted molar refractivity (Wildman–Crippen MR) is 87.1 cm³/mol. The first-order valence-corrected chi connectivity index (χ1v) is 7.55. The second-order valence-corrected chi connectivity index (χ2v) is 6.68. The summed E-state index contributed by atoms with van der Waals surface area (Å²) in [5.74, 6) is -2.47. The highest BCUT2D eigenvalue weighted by molar-refractivity contribution is 6.66. The molecule has 0 spiro atoms. The Morgan fingerprint density at radius 3 is 1.96 bits per heavy atom. The number of aliphatic hydroxyl groups is 4. The van der Waals surface area contributed by atoms with E-state index >= 15 is 0 Å². The molecule has 0 bridgehead atoms. The van der Waals surface area contributed by atoms with Gasteiger partial charge in [0.2, 0.25) is 11.1 Å². The monoisotopic (exact) mass is 367 g/mol. The summed E-state index contributed by atoms with van der Waals surface area (Å²) in [6.07, 6.45) is -0.152. The van der Waals surface area contributed by atoms with Gasteiger partial charge in [0.15, 0.2) is 5.79 Å². The summed E-state index contributed by atoms with van der Waals surface area (Å²) >= 11 is 4.71. The molecule has 0 saturated carbocycles. The van der Waals surface area contributed by atoms with E-state index in [2.05, 4.69) is 11.9 Å². The number of ether oxygens (including phenoxy) is 1. The minimum Gasteiger partial charge on any atom is -0.394 e. The summed E-state index contributed by atoms with van der Waals surface area (Å²) in [6, 6.07) is 0. The van der Waals surface area contributed by atoms with E-state index < -0.39 is 46.4 Å². The molecule has 1 aliphatic rings. The first-order chi connectivity index (χ1) is 10.6. The number of amides is 1. The molecule has 1 fully saturated rings. The van der Waals surface area contributed by atoms with Crippen LogP contribution in [-0.2, 0) is 14.3 Å². The van der Waals surface area contributed by atoms with Crippen molar-refractivity contribution in [2.45, 2.75) is 63.3 Å². The number of halogens is 1. The average Bonchev–Trinajstić information content (AvgIpc) is 2.42. The maximum Gasteiger partial charge on any atom is 0.244 e. The highest BCUT2D eigenvalue weighted by Gasteiger charge is 2.70. The van der Waals surface area contributed by atoms with E-state index in [-0.39, 0.29) is 0 Å². The van der Waals surface area contributed by atoms with Crippen LogP contribution < -0.4 is 5.32 Å². The molecule has 8 nitrogen and oxygen atoms in total. The van der Waals surface area contributed by atoms with Crippen LogP contribution in [0, 0.1) is 0 Å². The Morgan fingerprint density at radius 2 is 1.67 bits per heavy atom. The highest BCUT2D eigenvalue weighted by Crippen LogP contribution is 2.47. The largest absolute Gasteiger partial charge is 0.394 e. The number of carbonyl (C=O) groups excluding carboxylic acids is 2. The number of allylic oxidation sites excluding steroid dienone is 1. The Balaban J connectivity index is 0.000000922. The number of aliphatic hydroxyl groups excluding tert-OH is 1. The van der Waals surface area contributed by atoms with Gasteiger partial charge in [-0.05, 0) is 45.4 Å². The third-order valence-electron chi connectivity index (χ3n) is 4.64. The summed E-state index contributed by atoms with van der Waals surface area (Å²) in [5, 5.41) is 42.7. The fraction of sp³-hybridized carbons (Fsp3) is 0.733. The Bertz CT molecular complexity index is 504. The highest BCUT2D eigenvalue weighted by atomic mass is 35.5. The number of hydrogen-bond donors (Lipinski definition) is 5. The molecule has 1 heterocycles. The van der Waals surface area contributed by atoms with Gasteiger partial charge in [-0.25, -0.2) is 0 Å². The lowest BCUT2D eigenvalue weighted by Crippen LogP contribution is -2.85. The van der Waals surface area contributed by atoms with E-state index in [0.717, 1.165) is 6.08 Å². The molecular formula is C15H26ClNO7. The van der Waals surface area contributed by atoms with Crippen LogP contribution in [-0.4, -0.2) is 66.8 Å². The van der Waals surface area contributed by atoms with Crippen molar-refractivity contribution in [2.24, 2.45) is 0 Å². The molecule has 1 aliphatic heterocycles. The van der Waals surface area contributed by atoms with Crippen LogP contribution in [0.4, 0.5) is 0 Å². The molecule has 140 valence electrons. The first-order valence-electron chi connectivity index (χ1n) is 7.17. The minimum atomic E-state index is -1.97. The normalized spacial score (nSPS) is 41.7. The van der Waals surface area contributed by atoms with Crippen LogP contribution >= 0.6 is 11.6 Å². The zero-order valence-corrected chi connectivity index (χ0v) is 15.2. The van der Waals surface area contributed by atoms with Crippen molar-refractivity contribution in [3.63, 3.8) is 0 Å². The molecule has 1 amide bonds. The molecule has 0 aliphatic carbocycles. The number of nitrogens with one attached hydrogen (secondary N) is 1. The first kappa shape index (κ1) is 23.0. The van der Waals surface area contributed by atoms with Crippen LogP contribution in [0.3, 0.4) is 0 Å². The van der Waals surface area contributed by atoms with Crippen molar-refractivity contribution < 1.29 is 34.8 Å². The molecule has 0 aromatic carbocycles. The number of carbonyl (C=O) groups is 2. The summed E-state index contributed by atoms with van der Waals surface area (Å²) in [7, 11) is 0.